The monoisotopic (exact) mass is 271 g/mol. The summed E-state index contributed by atoms with van der Waals surface area (Å²) in [7, 11) is 0. The van der Waals surface area contributed by atoms with Crippen LogP contribution in [0.4, 0.5) is 13.2 Å². The van der Waals surface area contributed by atoms with Crippen molar-refractivity contribution in [3.8, 4) is 5.69 Å². The van der Waals surface area contributed by atoms with Crippen molar-refractivity contribution in [1.82, 2.24) is 15.0 Å². The van der Waals surface area contributed by atoms with Gasteiger partial charge in [0.15, 0.2) is 0 Å². The Bertz CT molecular complexity index is 578. The molecule has 19 heavy (non-hydrogen) atoms. The third-order valence-corrected chi connectivity index (χ3v) is 2.77. The van der Waals surface area contributed by atoms with E-state index in [-0.39, 0.29) is 12.3 Å². The highest BCUT2D eigenvalue weighted by atomic mass is 19.4. The van der Waals surface area contributed by atoms with E-state index >= 15 is 0 Å². The number of nitrogens with zero attached hydrogens (tertiary/aromatic N) is 3. The number of aliphatic hydroxyl groups is 1. The number of rotatable bonds is 3. The quantitative estimate of drug-likeness (QED) is 0.932. The van der Waals surface area contributed by atoms with Gasteiger partial charge in [-0.25, -0.2) is 4.68 Å². The summed E-state index contributed by atoms with van der Waals surface area (Å²) in [4.78, 5) is 0. The van der Waals surface area contributed by atoms with Gasteiger partial charge in [-0.15, -0.1) is 5.10 Å². The van der Waals surface area contributed by atoms with Crippen molar-refractivity contribution in [2.75, 3.05) is 0 Å². The van der Waals surface area contributed by atoms with Gasteiger partial charge < -0.3 is 5.11 Å². The molecule has 1 aromatic carbocycles. The van der Waals surface area contributed by atoms with Crippen molar-refractivity contribution in [3.05, 3.63) is 41.2 Å². The topological polar surface area (TPSA) is 50.9 Å². The number of para-hydroxylation sites is 1. The van der Waals surface area contributed by atoms with E-state index < -0.39 is 11.7 Å². The van der Waals surface area contributed by atoms with Gasteiger partial charge >= 0.3 is 6.18 Å². The summed E-state index contributed by atoms with van der Waals surface area (Å²) in [6, 6.07) is 5.15. The Morgan fingerprint density at radius 2 is 1.95 bits per heavy atom. The lowest BCUT2D eigenvalue weighted by Crippen LogP contribution is -2.13. The molecule has 2 aromatic rings. The lowest BCUT2D eigenvalue weighted by atomic mass is 10.1. The third-order valence-electron chi connectivity index (χ3n) is 2.77. The molecule has 0 fully saturated rings. The first-order valence-corrected chi connectivity index (χ1v) is 5.70. The summed E-state index contributed by atoms with van der Waals surface area (Å²) >= 11 is 0. The van der Waals surface area contributed by atoms with Crippen LogP contribution < -0.4 is 0 Å². The lowest BCUT2D eigenvalue weighted by molar-refractivity contribution is -0.137. The molecule has 0 saturated heterocycles. The van der Waals surface area contributed by atoms with E-state index in [0.29, 0.717) is 17.8 Å². The summed E-state index contributed by atoms with van der Waals surface area (Å²) < 4.78 is 40.0. The van der Waals surface area contributed by atoms with Gasteiger partial charge in [0.05, 0.1) is 23.6 Å². The number of hydrogen-bond donors (Lipinski definition) is 1. The van der Waals surface area contributed by atoms with Crippen molar-refractivity contribution in [2.24, 2.45) is 0 Å². The Hall–Kier alpha value is -1.89. The summed E-state index contributed by atoms with van der Waals surface area (Å²) in [6.07, 6.45) is -4.04. The second-order valence-corrected chi connectivity index (χ2v) is 3.92. The van der Waals surface area contributed by atoms with Crippen molar-refractivity contribution < 1.29 is 18.3 Å². The molecule has 0 bridgehead atoms. The first kappa shape index (κ1) is 13.5. The number of alkyl halides is 3. The molecule has 0 aliphatic heterocycles. The molecule has 1 heterocycles. The van der Waals surface area contributed by atoms with Gasteiger partial charge in [-0.05, 0) is 18.6 Å². The average Bonchev–Trinajstić information content (AvgIpc) is 2.80. The van der Waals surface area contributed by atoms with Gasteiger partial charge in [0.2, 0.25) is 0 Å². The van der Waals surface area contributed by atoms with Crippen LogP contribution >= 0.6 is 0 Å². The summed E-state index contributed by atoms with van der Waals surface area (Å²) in [5, 5.41) is 16.5. The largest absolute Gasteiger partial charge is 0.418 e. The van der Waals surface area contributed by atoms with Crippen LogP contribution in [-0.4, -0.2) is 20.1 Å². The predicted octanol–water partition coefficient (Wildman–Crippen LogP) is 2.34. The maximum atomic E-state index is 12.9. The molecule has 7 heteroatoms. The normalized spacial score (nSPS) is 11.8. The molecule has 0 atom stereocenters. The second-order valence-electron chi connectivity index (χ2n) is 3.92. The SMILES string of the molecule is CCc1c(CO)nnn1-c1ccccc1C(F)(F)F. The van der Waals surface area contributed by atoms with Gasteiger partial charge in [0.1, 0.15) is 5.69 Å². The van der Waals surface area contributed by atoms with E-state index in [4.69, 9.17) is 5.11 Å². The zero-order valence-corrected chi connectivity index (χ0v) is 10.1. The number of hydrogen-bond acceptors (Lipinski definition) is 3. The minimum absolute atomic E-state index is 0.0842. The van der Waals surface area contributed by atoms with Crippen molar-refractivity contribution in [3.63, 3.8) is 0 Å². The zero-order valence-electron chi connectivity index (χ0n) is 10.1. The predicted molar refractivity (Wildman–Crippen MR) is 61.7 cm³/mol. The van der Waals surface area contributed by atoms with Crippen molar-refractivity contribution in [2.45, 2.75) is 26.1 Å². The first-order valence-electron chi connectivity index (χ1n) is 5.70. The maximum absolute atomic E-state index is 12.9. The van der Waals surface area contributed by atoms with Crippen molar-refractivity contribution >= 4 is 0 Å². The van der Waals surface area contributed by atoms with E-state index in [9.17, 15) is 13.2 Å². The number of aliphatic hydroxyl groups excluding tert-OH is 1. The van der Waals surface area contributed by atoms with Gasteiger partial charge in [0.25, 0.3) is 0 Å². The number of benzene rings is 1. The molecule has 0 radical (unpaired) electrons. The fourth-order valence-corrected chi connectivity index (χ4v) is 1.90. The molecule has 0 saturated carbocycles. The van der Waals surface area contributed by atoms with Gasteiger partial charge in [0, 0.05) is 0 Å². The van der Waals surface area contributed by atoms with Crippen LogP contribution in [0.1, 0.15) is 23.9 Å². The highest BCUT2D eigenvalue weighted by Gasteiger charge is 2.34. The van der Waals surface area contributed by atoms with Crippen LogP contribution in [0.15, 0.2) is 24.3 Å². The molecule has 1 N–H and O–H groups in total. The van der Waals surface area contributed by atoms with E-state index in [1.165, 1.54) is 18.2 Å². The Morgan fingerprint density at radius 1 is 1.26 bits per heavy atom. The van der Waals surface area contributed by atoms with Crippen molar-refractivity contribution in [1.29, 1.82) is 0 Å². The number of halogens is 3. The third kappa shape index (κ3) is 2.46. The zero-order chi connectivity index (χ0) is 14.0. The van der Waals surface area contributed by atoms with Crippen LogP contribution in [0, 0.1) is 0 Å². The molecule has 1 aromatic heterocycles. The lowest BCUT2D eigenvalue weighted by Gasteiger charge is -2.13. The molecular weight excluding hydrogens is 259 g/mol. The molecule has 0 unspecified atom stereocenters. The highest BCUT2D eigenvalue weighted by molar-refractivity contribution is 5.43. The fourth-order valence-electron chi connectivity index (χ4n) is 1.90. The molecule has 4 nitrogen and oxygen atoms in total. The molecule has 0 aliphatic carbocycles. The van der Waals surface area contributed by atoms with E-state index in [0.717, 1.165) is 10.7 Å². The minimum Gasteiger partial charge on any atom is -0.390 e. The standard InChI is InChI=1S/C12H12F3N3O/c1-2-10-9(7-19)16-17-18(10)11-6-4-3-5-8(11)12(13,14)15/h3-6,19H,2,7H2,1H3. The number of aromatic nitrogens is 3. The molecule has 0 amide bonds. The summed E-state index contributed by atoms with van der Waals surface area (Å²) in [6.45, 7) is 1.42. The van der Waals surface area contributed by atoms with Gasteiger partial charge in [-0.2, -0.15) is 13.2 Å². The Labute approximate surface area is 107 Å². The van der Waals surface area contributed by atoms with Crippen LogP contribution in [-0.2, 0) is 19.2 Å². The average molecular weight is 271 g/mol. The molecule has 0 aliphatic rings. The Balaban J connectivity index is 2.63. The van der Waals surface area contributed by atoms with E-state index in [2.05, 4.69) is 10.3 Å². The molecule has 102 valence electrons. The van der Waals surface area contributed by atoms with Gasteiger partial charge in [-0.1, -0.05) is 24.3 Å². The van der Waals surface area contributed by atoms with Crippen LogP contribution in [0.5, 0.6) is 0 Å². The van der Waals surface area contributed by atoms with Crippen LogP contribution in [0.25, 0.3) is 5.69 Å². The first-order chi connectivity index (χ1) is 8.99. The molecule has 2 rings (SSSR count). The molecule has 0 spiro atoms. The summed E-state index contributed by atoms with van der Waals surface area (Å²) in [5.74, 6) is 0. The maximum Gasteiger partial charge on any atom is 0.418 e. The second kappa shape index (κ2) is 5.00. The van der Waals surface area contributed by atoms with E-state index in [1.54, 1.807) is 6.92 Å². The van der Waals surface area contributed by atoms with Crippen LogP contribution in [0.2, 0.25) is 0 Å². The van der Waals surface area contributed by atoms with E-state index in [1.807, 2.05) is 0 Å². The minimum atomic E-state index is -4.47. The Morgan fingerprint density at radius 3 is 2.53 bits per heavy atom. The smallest absolute Gasteiger partial charge is 0.390 e. The van der Waals surface area contributed by atoms with Crippen LogP contribution in [0.3, 0.4) is 0 Å². The highest BCUT2D eigenvalue weighted by Crippen LogP contribution is 2.34. The molecular formula is C12H12F3N3O. The Kier molecular flexibility index (Phi) is 3.57. The summed E-state index contributed by atoms with van der Waals surface area (Å²) in [5.41, 5.74) is -0.100. The van der Waals surface area contributed by atoms with Gasteiger partial charge in [-0.3, -0.25) is 0 Å². The fraction of sp³-hybridized carbons (Fsp3) is 0.333.